The normalized spacial score (nSPS) is 23.7. The van der Waals surface area contributed by atoms with E-state index in [0.717, 1.165) is 0 Å². The molecule has 110 valence electrons. The Balaban J connectivity index is 2.98. The molecule has 2 unspecified atom stereocenters. The Labute approximate surface area is 113 Å². The topological polar surface area (TPSA) is 92.9 Å². The van der Waals surface area contributed by atoms with Gasteiger partial charge in [-0.15, -0.1) is 0 Å². The van der Waals surface area contributed by atoms with Crippen LogP contribution < -0.4 is 5.73 Å². The minimum absolute atomic E-state index is 0.160. The molecule has 1 amide bonds. The molecule has 6 heteroatoms. The third-order valence-corrected chi connectivity index (χ3v) is 4.34. The smallest absolute Gasteiger partial charge is 0.326 e. The Kier molecular flexibility index (Phi) is 5.31. The molecule has 1 heterocycles. The lowest BCUT2D eigenvalue weighted by atomic mass is 9.80. The monoisotopic (exact) mass is 272 g/mol. The number of nitrogens with two attached hydrogens (primary N) is 1. The molecule has 6 nitrogen and oxygen atoms in total. The molecule has 1 aliphatic heterocycles. The molecule has 0 aromatic rings. The summed E-state index contributed by atoms with van der Waals surface area (Å²) in [6.07, 6.45) is 1.35. The lowest BCUT2D eigenvalue weighted by Crippen LogP contribution is -2.51. The minimum Gasteiger partial charge on any atom is -0.480 e. The zero-order valence-electron chi connectivity index (χ0n) is 11.9. The van der Waals surface area contributed by atoms with E-state index in [1.165, 1.54) is 12.0 Å². The molecule has 0 aliphatic carbocycles. The zero-order chi connectivity index (χ0) is 14.6. The molecule has 1 aliphatic rings. The standard InChI is InChI=1S/C13H24N2O4/c1-4-13(5-2,8-14)12(18)15-7-9(19-3)6-10(15)11(16)17/h9-10H,4-8,14H2,1-3H3,(H,16,17). The van der Waals surface area contributed by atoms with E-state index >= 15 is 0 Å². The van der Waals surface area contributed by atoms with Crippen molar-refractivity contribution in [2.45, 2.75) is 45.3 Å². The van der Waals surface area contributed by atoms with Crippen LogP contribution in [0.15, 0.2) is 0 Å². The van der Waals surface area contributed by atoms with E-state index in [-0.39, 0.29) is 18.6 Å². The van der Waals surface area contributed by atoms with E-state index in [0.29, 0.717) is 25.8 Å². The van der Waals surface area contributed by atoms with Gasteiger partial charge in [0.15, 0.2) is 0 Å². The van der Waals surface area contributed by atoms with Gasteiger partial charge in [-0.2, -0.15) is 0 Å². The maximum Gasteiger partial charge on any atom is 0.326 e. The van der Waals surface area contributed by atoms with Crippen molar-refractivity contribution in [2.24, 2.45) is 11.1 Å². The third-order valence-electron chi connectivity index (χ3n) is 4.34. The second-order valence-electron chi connectivity index (χ2n) is 5.10. The zero-order valence-corrected chi connectivity index (χ0v) is 11.9. The summed E-state index contributed by atoms with van der Waals surface area (Å²) < 4.78 is 5.20. The second-order valence-corrected chi connectivity index (χ2v) is 5.10. The predicted octanol–water partition coefficient (Wildman–Crippen LogP) is 0.452. The number of carbonyl (C=O) groups is 2. The fraction of sp³-hybridized carbons (Fsp3) is 0.846. The molecule has 2 atom stereocenters. The van der Waals surface area contributed by atoms with Gasteiger partial charge in [-0.05, 0) is 12.8 Å². The Hall–Kier alpha value is -1.14. The summed E-state index contributed by atoms with van der Waals surface area (Å²) in [5.41, 5.74) is 5.10. The van der Waals surface area contributed by atoms with Crippen molar-refractivity contribution in [1.29, 1.82) is 0 Å². The molecular weight excluding hydrogens is 248 g/mol. The summed E-state index contributed by atoms with van der Waals surface area (Å²) in [5, 5.41) is 9.25. The summed E-state index contributed by atoms with van der Waals surface area (Å²) in [6, 6.07) is -0.804. The minimum atomic E-state index is -0.981. The number of aliphatic carboxylic acids is 1. The van der Waals surface area contributed by atoms with E-state index in [9.17, 15) is 14.7 Å². The predicted molar refractivity (Wildman–Crippen MR) is 70.6 cm³/mol. The average Bonchev–Trinajstić information content (AvgIpc) is 2.85. The van der Waals surface area contributed by atoms with E-state index in [4.69, 9.17) is 10.5 Å². The van der Waals surface area contributed by atoms with Gasteiger partial charge >= 0.3 is 5.97 Å². The lowest BCUT2D eigenvalue weighted by molar-refractivity contribution is -0.153. The number of carbonyl (C=O) groups excluding carboxylic acids is 1. The number of hydrogen-bond acceptors (Lipinski definition) is 4. The van der Waals surface area contributed by atoms with Crippen LogP contribution in [0.2, 0.25) is 0 Å². The van der Waals surface area contributed by atoms with Gasteiger partial charge in [0.05, 0.1) is 11.5 Å². The summed E-state index contributed by atoms with van der Waals surface area (Å²) in [4.78, 5) is 25.4. The van der Waals surface area contributed by atoms with Crippen LogP contribution >= 0.6 is 0 Å². The number of carboxylic acids is 1. The van der Waals surface area contributed by atoms with Gasteiger partial charge in [0.1, 0.15) is 6.04 Å². The molecular formula is C13H24N2O4. The maximum atomic E-state index is 12.7. The quantitative estimate of drug-likeness (QED) is 0.732. The van der Waals surface area contributed by atoms with Crippen molar-refractivity contribution in [3.05, 3.63) is 0 Å². The largest absolute Gasteiger partial charge is 0.480 e. The van der Waals surface area contributed by atoms with Crippen LogP contribution in [0.5, 0.6) is 0 Å². The molecule has 0 aromatic heterocycles. The van der Waals surface area contributed by atoms with Gasteiger partial charge in [-0.3, -0.25) is 4.79 Å². The van der Waals surface area contributed by atoms with Crippen molar-refractivity contribution in [2.75, 3.05) is 20.2 Å². The SMILES string of the molecule is CCC(CC)(CN)C(=O)N1CC(OC)CC1C(=O)O. The molecule has 3 N–H and O–H groups in total. The maximum absolute atomic E-state index is 12.7. The molecule has 19 heavy (non-hydrogen) atoms. The number of hydrogen-bond donors (Lipinski definition) is 2. The lowest BCUT2D eigenvalue weighted by Gasteiger charge is -2.34. The first-order valence-corrected chi connectivity index (χ1v) is 6.72. The number of methoxy groups -OCH3 is 1. The van der Waals surface area contributed by atoms with E-state index in [2.05, 4.69) is 0 Å². The van der Waals surface area contributed by atoms with Crippen LogP contribution in [0.1, 0.15) is 33.1 Å². The van der Waals surface area contributed by atoms with Gasteiger partial charge in [-0.1, -0.05) is 13.8 Å². The first-order chi connectivity index (χ1) is 8.95. The van der Waals surface area contributed by atoms with Crippen LogP contribution in [0.3, 0.4) is 0 Å². The number of rotatable bonds is 6. The van der Waals surface area contributed by atoms with E-state index in [1.54, 1.807) is 0 Å². The van der Waals surface area contributed by atoms with Crippen LogP contribution in [-0.2, 0) is 14.3 Å². The Morgan fingerprint density at radius 3 is 2.37 bits per heavy atom. The third kappa shape index (κ3) is 2.90. The van der Waals surface area contributed by atoms with E-state index < -0.39 is 17.4 Å². The molecule has 0 saturated carbocycles. The fourth-order valence-corrected chi connectivity index (χ4v) is 2.66. The van der Waals surface area contributed by atoms with Gasteiger partial charge in [0, 0.05) is 26.6 Å². The first-order valence-electron chi connectivity index (χ1n) is 6.72. The number of ether oxygens (including phenoxy) is 1. The van der Waals surface area contributed by atoms with E-state index in [1.807, 2.05) is 13.8 Å². The molecule has 0 aromatic carbocycles. The molecule has 1 fully saturated rings. The van der Waals surface area contributed by atoms with Crippen LogP contribution in [-0.4, -0.2) is 54.2 Å². The number of amides is 1. The summed E-state index contributed by atoms with van der Waals surface area (Å²) in [5.74, 6) is -1.14. The number of carboxylic acid groups (broad SMARTS) is 1. The van der Waals surface area contributed by atoms with Crippen molar-refractivity contribution >= 4 is 11.9 Å². The van der Waals surface area contributed by atoms with Crippen molar-refractivity contribution in [3.63, 3.8) is 0 Å². The van der Waals surface area contributed by atoms with Crippen molar-refractivity contribution < 1.29 is 19.4 Å². The van der Waals surface area contributed by atoms with Crippen molar-refractivity contribution in [3.8, 4) is 0 Å². The highest BCUT2D eigenvalue weighted by Gasteiger charge is 2.46. The summed E-state index contributed by atoms with van der Waals surface area (Å²) in [6.45, 7) is 4.38. The Morgan fingerprint density at radius 2 is 2.00 bits per heavy atom. The average molecular weight is 272 g/mol. The highest BCUT2D eigenvalue weighted by atomic mass is 16.5. The van der Waals surface area contributed by atoms with Crippen LogP contribution in [0.4, 0.5) is 0 Å². The Bertz CT molecular complexity index is 333. The van der Waals surface area contributed by atoms with Gasteiger partial charge in [0.2, 0.25) is 5.91 Å². The van der Waals surface area contributed by atoms with Gasteiger partial charge in [-0.25, -0.2) is 4.79 Å². The Morgan fingerprint density at radius 1 is 1.42 bits per heavy atom. The second kappa shape index (κ2) is 6.34. The highest BCUT2D eigenvalue weighted by Crippen LogP contribution is 2.32. The van der Waals surface area contributed by atoms with Crippen LogP contribution in [0.25, 0.3) is 0 Å². The summed E-state index contributed by atoms with van der Waals surface area (Å²) >= 11 is 0. The number of likely N-dealkylation sites (tertiary alicyclic amines) is 1. The molecule has 0 radical (unpaired) electrons. The van der Waals surface area contributed by atoms with Gasteiger partial charge in [0.25, 0.3) is 0 Å². The van der Waals surface area contributed by atoms with Crippen LogP contribution in [0, 0.1) is 5.41 Å². The van der Waals surface area contributed by atoms with Gasteiger partial charge < -0.3 is 20.5 Å². The fourth-order valence-electron chi connectivity index (χ4n) is 2.66. The highest BCUT2D eigenvalue weighted by molar-refractivity contribution is 5.88. The van der Waals surface area contributed by atoms with Crippen molar-refractivity contribution in [1.82, 2.24) is 4.90 Å². The molecule has 1 saturated heterocycles. The molecule has 0 spiro atoms. The first kappa shape index (κ1) is 15.9. The molecule has 1 rings (SSSR count). The number of nitrogens with zero attached hydrogens (tertiary/aromatic N) is 1. The summed E-state index contributed by atoms with van der Waals surface area (Å²) in [7, 11) is 1.54. The molecule has 0 bridgehead atoms.